The summed E-state index contributed by atoms with van der Waals surface area (Å²) in [6.07, 6.45) is 3.45. The molecule has 3 aliphatic heterocycles. The van der Waals surface area contributed by atoms with Crippen molar-refractivity contribution in [1.29, 1.82) is 0 Å². The first-order valence-corrected chi connectivity index (χ1v) is 12.9. The third-order valence-electron chi connectivity index (χ3n) is 7.30. The Labute approximate surface area is 204 Å². The summed E-state index contributed by atoms with van der Waals surface area (Å²) in [4.78, 5) is 42.4. The Morgan fingerprint density at radius 1 is 1.24 bits per heavy atom. The van der Waals surface area contributed by atoms with Crippen LogP contribution < -0.4 is 10.6 Å². The minimum atomic E-state index is -0.694. The van der Waals surface area contributed by atoms with Crippen molar-refractivity contribution in [2.75, 3.05) is 25.0 Å². The molecule has 1 aromatic rings. The highest BCUT2D eigenvalue weighted by molar-refractivity contribution is 8.02. The van der Waals surface area contributed by atoms with E-state index in [1.165, 1.54) is 0 Å². The SMILES string of the molecule is CCCNC(=O)[C@@H]1[C@H]2C(=O)N(CCCCO)C(C(=O)Nc3ccccc3Cl)C23CC[C@@]1(C)S3. The summed E-state index contributed by atoms with van der Waals surface area (Å²) in [5.74, 6) is -1.48. The summed E-state index contributed by atoms with van der Waals surface area (Å²) in [5, 5.41) is 15.6. The van der Waals surface area contributed by atoms with Crippen LogP contribution in [0.3, 0.4) is 0 Å². The first-order valence-electron chi connectivity index (χ1n) is 11.7. The number of aliphatic hydroxyl groups excluding tert-OH is 1. The van der Waals surface area contributed by atoms with Gasteiger partial charge in [0, 0.05) is 24.4 Å². The van der Waals surface area contributed by atoms with E-state index in [2.05, 4.69) is 17.6 Å². The maximum atomic E-state index is 13.8. The highest BCUT2D eigenvalue weighted by atomic mass is 35.5. The molecule has 9 heteroatoms. The quantitative estimate of drug-likeness (QED) is 0.459. The topological polar surface area (TPSA) is 98.7 Å². The molecule has 0 aliphatic carbocycles. The van der Waals surface area contributed by atoms with Crippen molar-refractivity contribution >= 4 is 46.8 Å². The number of rotatable bonds is 9. The summed E-state index contributed by atoms with van der Waals surface area (Å²) in [6.45, 7) is 5.03. The molecule has 4 rings (SSSR count). The number of likely N-dealkylation sites (tertiary alicyclic amines) is 1. The lowest BCUT2D eigenvalue weighted by Crippen LogP contribution is -2.52. The smallest absolute Gasteiger partial charge is 0.248 e. The number of thioether (sulfide) groups is 1. The number of nitrogens with zero attached hydrogens (tertiary/aromatic N) is 1. The van der Waals surface area contributed by atoms with Gasteiger partial charge in [0.15, 0.2) is 0 Å². The number of carbonyl (C=O) groups is 3. The van der Waals surface area contributed by atoms with Crippen LogP contribution in [0.1, 0.15) is 46.0 Å². The van der Waals surface area contributed by atoms with Gasteiger partial charge in [0.1, 0.15) is 6.04 Å². The van der Waals surface area contributed by atoms with Crippen molar-refractivity contribution in [3.05, 3.63) is 29.3 Å². The van der Waals surface area contributed by atoms with Crippen LogP contribution in [0, 0.1) is 11.8 Å². The summed E-state index contributed by atoms with van der Waals surface area (Å²) in [7, 11) is 0. The lowest BCUT2D eigenvalue weighted by molar-refractivity contribution is -0.140. The third-order valence-corrected chi connectivity index (χ3v) is 9.61. The molecule has 2 bridgehead atoms. The molecule has 3 heterocycles. The molecule has 3 amide bonds. The van der Waals surface area contributed by atoms with Gasteiger partial charge in [-0.1, -0.05) is 30.7 Å². The molecule has 180 valence electrons. The lowest BCUT2D eigenvalue weighted by Gasteiger charge is -2.34. The van der Waals surface area contributed by atoms with Crippen LogP contribution in [0.5, 0.6) is 0 Å². The predicted molar refractivity (Wildman–Crippen MR) is 130 cm³/mol. The second kappa shape index (κ2) is 9.47. The molecular formula is C24H32ClN3O4S. The number of unbranched alkanes of at least 4 members (excludes halogenated alkanes) is 1. The maximum absolute atomic E-state index is 13.8. The standard InChI is InChI=1S/C24H32ClN3O4S/c1-3-12-26-20(30)17-18-22(32)28(13-6-7-14-29)19(24(18)11-10-23(17,2)33-24)21(31)27-16-9-5-4-8-15(16)25/h4-5,8-9,17-19,29H,3,6-7,10-14H2,1-2H3,(H,26,30)(H,27,31)/t17-,18-,19?,23+,24?/m0/s1. The first-order chi connectivity index (χ1) is 15.8. The van der Waals surface area contributed by atoms with Crippen molar-refractivity contribution < 1.29 is 19.5 Å². The highest BCUT2D eigenvalue weighted by Gasteiger charge is 2.76. The molecule has 5 atom stereocenters. The Morgan fingerprint density at radius 2 is 2.00 bits per heavy atom. The number of hydrogen-bond donors (Lipinski definition) is 3. The monoisotopic (exact) mass is 493 g/mol. The zero-order chi connectivity index (χ0) is 23.8. The Kier molecular flexibility index (Phi) is 6.99. The summed E-state index contributed by atoms with van der Waals surface area (Å²) in [6, 6.07) is 6.35. The number of carbonyl (C=O) groups excluding carboxylic acids is 3. The van der Waals surface area contributed by atoms with Crippen LogP contribution in [0.25, 0.3) is 0 Å². The van der Waals surface area contributed by atoms with Crippen molar-refractivity contribution in [2.24, 2.45) is 11.8 Å². The van der Waals surface area contributed by atoms with Gasteiger partial charge in [0.05, 0.1) is 27.3 Å². The molecule has 3 fully saturated rings. The molecule has 0 radical (unpaired) electrons. The average Bonchev–Trinajstić information content (AvgIpc) is 3.35. The van der Waals surface area contributed by atoms with Gasteiger partial charge < -0.3 is 20.6 Å². The number of benzene rings is 1. The molecule has 2 unspecified atom stereocenters. The van der Waals surface area contributed by atoms with Crippen molar-refractivity contribution in [3.63, 3.8) is 0 Å². The van der Waals surface area contributed by atoms with E-state index in [4.69, 9.17) is 11.6 Å². The van der Waals surface area contributed by atoms with Gasteiger partial charge in [-0.3, -0.25) is 14.4 Å². The van der Waals surface area contributed by atoms with Gasteiger partial charge in [-0.05, 0) is 51.2 Å². The number of para-hydroxylation sites is 1. The largest absolute Gasteiger partial charge is 0.396 e. The zero-order valence-electron chi connectivity index (χ0n) is 19.1. The van der Waals surface area contributed by atoms with E-state index in [0.29, 0.717) is 43.1 Å². The summed E-state index contributed by atoms with van der Waals surface area (Å²) < 4.78 is -1.02. The number of anilines is 1. The summed E-state index contributed by atoms with van der Waals surface area (Å²) in [5.41, 5.74) is 0.507. The van der Waals surface area contributed by atoms with Crippen LogP contribution in [-0.2, 0) is 14.4 Å². The van der Waals surface area contributed by atoms with E-state index in [-0.39, 0.29) is 29.1 Å². The van der Waals surface area contributed by atoms with Crippen LogP contribution in [0.4, 0.5) is 5.69 Å². The number of amides is 3. The van der Waals surface area contributed by atoms with Crippen molar-refractivity contribution in [3.8, 4) is 0 Å². The van der Waals surface area contributed by atoms with Gasteiger partial charge in [-0.2, -0.15) is 0 Å². The van der Waals surface area contributed by atoms with Crippen LogP contribution >= 0.6 is 23.4 Å². The van der Waals surface area contributed by atoms with Gasteiger partial charge in [0.25, 0.3) is 0 Å². The molecule has 0 saturated carbocycles. The number of fused-ring (bicyclic) bond motifs is 1. The summed E-state index contributed by atoms with van der Waals surface area (Å²) >= 11 is 7.94. The van der Waals surface area contributed by atoms with E-state index >= 15 is 0 Å². The van der Waals surface area contributed by atoms with E-state index in [1.54, 1.807) is 40.9 Å². The van der Waals surface area contributed by atoms with E-state index in [0.717, 1.165) is 12.8 Å². The van der Waals surface area contributed by atoms with Crippen LogP contribution in [-0.4, -0.2) is 63.0 Å². The molecule has 1 aromatic carbocycles. The molecule has 3 aliphatic rings. The molecule has 3 N–H and O–H groups in total. The van der Waals surface area contributed by atoms with Crippen molar-refractivity contribution in [2.45, 2.75) is 61.5 Å². The fourth-order valence-corrected chi connectivity index (χ4v) is 8.42. The van der Waals surface area contributed by atoms with Crippen molar-refractivity contribution in [1.82, 2.24) is 10.2 Å². The van der Waals surface area contributed by atoms with Gasteiger partial charge in [-0.25, -0.2) is 0 Å². The Bertz CT molecular complexity index is 946. The Morgan fingerprint density at radius 3 is 2.70 bits per heavy atom. The molecule has 3 saturated heterocycles. The van der Waals surface area contributed by atoms with Crippen LogP contribution in [0.2, 0.25) is 5.02 Å². The molecule has 7 nitrogen and oxygen atoms in total. The van der Waals surface area contributed by atoms with Crippen LogP contribution in [0.15, 0.2) is 24.3 Å². The fraction of sp³-hybridized carbons (Fsp3) is 0.625. The predicted octanol–water partition coefficient (Wildman–Crippen LogP) is 3.06. The molecule has 0 aromatic heterocycles. The van der Waals surface area contributed by atoms with Gasteiger partial charge in [0.2, 0.25) is 17.7 Å². The van der Waals surface area contributed by atoms with Gasteiger partial charge in [-0.15, -0.1) is 11.8 Å². The minimum absolute atomic E-state index is 0.0297. The fourth-order valence-electron chi connectivity index (χ4n) is 5.88. The zero-order valence-corrected chi connectivity index (χ0v) is 20.7. The molecular weight excluding hydrogens is 462 g/mol. The maximum Gasteiger partial charge on any atom is 0.248 e. The number of hydrogen-bond acceptors (Lipinski definition) is 5. The number of aliphatic hydroxyl groups is 1. The lowest BCUT2D eigenvalue weighted by atomic mass is 9.66. The molecule has 33 heavy (non-hydrogen) atoms. The number of nitrogens with one attached hydrogen (secondary N) is 2. The van der Waals surface area contributed by atoms with Gasteiger partial charge >= 0.3 is 0 Å². The average molecular weight is 494 g/mol. The normalized spacial score (nSPS) is 32.2. The van der Waals surface area contributed by atoms with E-state index in [9.17, 15) is 19.5 Å². The minimum Gasteiger partial charge on any atom is -0.396 e. The second-order valence-corrected chi connectivity index (χ2v) is 11.8. The number of halogens is 1. The van der Waals surface area contributed by atoms with E-state index in [1.807, 2.05) is 6.92 Å². The third kappa shape index (κ3) is 4.04. The highest BCUT2D eigenvalue weighted by Crippen LogP contribution is 2.71. The second-order valence-electron chi connectivity index (χ2n) is 9.45. The first kappa shape index (κ1) is 24.4. The molecule has 1 spiro atoms. The Hall–Kier alpha value is -1.77. The Balaban J connectivity index is 1.69. The van der Waals surface area contributed by atoms with E-state index < -0.39 is 22.6 Å².